The van der Waals surface area contributed by atoms with Crippen LogP contribution in [0.1, 0.15) is 5.76 Å². The monoisotopic (exact) mass is 214 g/mol. The molecule has 0 bridgehead atoms. The number of nitrogens with one attached hydrogen (secondary N) is 1. The predicted octanol–water partition coefficient (Wildman–Crippen LogP) is 0.0749. The maximum Gasteiger partial charge on any atom is 0.180 e. The maximum atomic E-state index is 11.0. The minimum Gasteiger partial charge on any atom is -0.447 e. The zero-order valence-electron chi connectivity index (χ0n) is 7.38. The van der Waals surface area contributed by atoms with Crippen LogP contribution in [-0.2, 0) is 16.4 Å². The van der Waals surface area contributed by atoms with Crippen molar-refractivity contribution in [1.29, 1.82) is 0 Å². The van der Waals surface area contributed by atoms with Crippen molar-refractivity contribution in [3.05, 3.63) is 29.8 Å². The molecule has 1 aromatic heterocycles. The Hall–Kier alpha value is -1.14. The molecule has 0 amide bonds. The highest BCUT2D eigenvalue weighted by Crippen LogP contribution is 2.08. The van der Waals surface area contributed by atoms with Crippen molar-refractivity contribution in [2.45, 2.75) is 12.6 Å². The third-order valence-corrected chi connectivity index (χ3v) is 3.35. The third-order valence-electron chi connectivity index (χ3n) is 1.95. The van der Waals surface area contributed by atoms with Gasteiger partial charge in [0.05, 0.1) is 18.5 Å². The van der Waals surface area contributed by atoms with E-state index in [4.69, 9.17) is 4.42 Å². The van der Waals surface area contributed by atoms with Crippen molar-refractivity contribution in [2.24, 2.45) is 0 Å². The first-order chi connectivity index (χ1) is 6.66. The highest BCUT2D eigenvalue weighted by Gasteiger charge is 2.20. The average molecular weight is 214 g/mol. The second kappa shape index (κ2) is 3.55. The summed E-state index contributed by atoms with van der Waals surface area (Å²) in [5.41, 5.74) is 0. The summed E-state index contributed by atoms with van der Waals surface area (Å²) in [6.07, 6.45) is 4.59. The van der Waals surface area contributed by atoms with Gasteiger partial charge in [-0.3, -0.25) is 0 Å². The number of sulfone groups is 1. The molecule has 0 aromatic carbocycles. The van der Waals surface area contributed by atoms with Gasteiger partial charge in [0.15, 0.2) is 16.2 Å². The van der Waals surface area contributed by atoms with Gasteiger partial charge in [0.1, 0.15) is 5.76 Å². The van der Waals surface area contributed by atoms with Crippen LogP contribution in [0, 0.1) is 0 Å². The zero-order valence-corrected chi connectivity index (χ0v) is 8.20. The molecule has 0 aliphatic carbocycles. The summed E-state index contributed by atoms with van der Waals surface area (Å²) in [5, 5.41) is 4.28. The van der Waals surface area contributed by atoms with Crippen LogP contribution in [0.4, 0.5) is 0 Å². The molecule has 1 aliphatic rings. The van der Waals surface area contributed by atoms with E-state index in [1.54, 1.807) is 12.3 Å². The van der Waals surface area contributed by atoms with Gasteiger partial charge in [-0.2, -0.15) is 0 Å². The summed E-state index contributed by atoms with van der Waals surface area (Å²) in [6.45, 7) is 0.491. The molecule has 1 unspecified atom stereocenters. The number of aromatic nitrogens is 1. The fraction of sp³-hybridized carbons (Fsp3) is 0.375. The molecule has 0 saturated carbocycles. The first kappa shape index (κ1) is 9.42. The van der Waals surface area contributed by atoms with E-state index in [9.17, 15) is 8.42 Å². The lowest BCUT2D eigenvalue weighted by Gasteiger charge is -2.06. The lowest BCUT2D eigenvalue weighted by Crippen LogP contribution is -2.29. The highest BCUT2D eigenvalue weighted by molar-refractivity contribution is 7.94. The molecule has 2 rings (SSSR count). The number of hydrogen-bond donors (Lipinski definition) is 1. The smallest absolute Gasteiger partial charge is 0.180 e. The van der Waals surface area contributed by atoms with E-state index in [1.807, 2.05) is 0 Å². The van der Waals surface area contributed by atoms with Crippen LogP contribution in [0.2, 0.25) is 0 Å². The second-order valence-corrected chi connectivity index (χ2v) is 5.04. The quantitative estimate of drug-likeness (QED) is 0.771. The second-order valence-electron chi connectivity index (χ2n) is 3.11. The van der Waals surface area contributed by atoms with Crippen LogP contribution in [0.15, 0.2) is 28.5 Å². The van der Waals surface area contributed by atoms with Crippen molar-refractivity contribution in [3.8, 4) is 0 Å². The zero-order chi connectivity index (χ0) is 10.0. The normalized spacial score (nSPS) is 24.1. The molecule has 76 valence electrons. The molecule has 5 nitrogen and oxygen atoms in total. The Labute approximate surface area is 81.7 Å². The lowest BCUT2D eigenvalue weighted by molar-refractivity contribution is 0.471. The summed E-state index contributed by atoms with van der Waals surface area (Å²) < 4.78 is 27.1. The number of hydrogen-bond acceptors (Lipinski definition) is 5. The van der Waals surface area contributed by atoms with Crippen molar-refractivity contribution < 1.29 is 12.8 Å². The fourth-order valence-corrected chi connectivity index (χ4v) is 2.53. The predicted molar refractivity (Wildman–Crippen MR) is 50.1 cm³/mol. The van der Waals surface area contributed by atoms with E-state index in [2.05, 4.69) is 10.3 Å². The first-order valence-corrected chi connectivity index (χ1v) is 5.89. The molecule has 0 fully saturated rings. The Balaban J connectivity index is 1.87. The maximum absolute atomic E-state index is 11.0. The summed E-state index contributed by atoms with van der Waals surface area (Å²) >= 11 is 0. The SMILES string of the molecule is O=S1(=O)C=CC(NCc2cnco2)C1. The summed E-state index contributed by atoms with van der Waals surface area (Å²) in [6, 6.07) is -0.120. The van der Waals surface area contributed by atoms with Crippen molar-refractivity contribution >= 4 is 9.84 Å². The molecule has 1 N–H and O–H groups in total. The molecule has 0 saturated heterocycles. The molecule has 1 atom stereocenters. The van der Waals surface area contributed by atoms with Crippen molar-refractivity contribution in [1.82, 2.24) is 10.3 Å². The number of oxazole rings is 1. The van der Waals surface area contributed by atoms with Gasteiger partial charge in [0.25, 0.3) is 0 Å². The van der Waals surface area contributed by atoms with Gasteiger partial charge in [0.2, 0.25) is 0 Å². The summed E-state index contributed by atoms with van der Waals surface area (Å²) in [5.74, 6) is 0.823. The van der Waals surface area contributed by atoms with E-state index in [1.165, 1.54) is 11.8 Å². The van der Waals surface area contributed by atoms with Gasteiger partial charge in [-0.05, 0) is 0 Å². The van der Waals surface area contributed by atoms with Gasteiger partial charge in [-0.25, -0.2) is 13.4 Å². The summed E-state index contributed by atoms with van der Waals surface area (Å²) in [4.78, 5) is 3.75. The molecular formula is C8H10N2O3S. The molecule has 6 heteroatoms. The Kier molecular flexibility index (Phi) is 2.39. The number of rotatable bonds is 3. The van der Waals surface area contributed by atoms with E-state index < -0.39 is 9.84 Å². The van der Waals surface area contributed by atoms with Crippen molar-refractivity contribution in [3.63, 3.8) is 0 Å². The molecule has 14 heavy (non-hydrogen) atoms. The summed E-state index contributed by atoms with van der Waals surface area (Å²) in [7, 11) is -2.98. The Bertz CT molecular complexity index is 421. The molecule has 0 radical (unpaired) electrons. The average Bonchev–Trinajstić information content (AvgIpc) is 2.70. The standard InChI is InChI=1S/C8H10N2O3S/c11-14(12)2-1-7(5-14)10-4-8-3-9-6-13-8/h1-3,6-7,10H,4-5H2. The van der Waals surface area contributed by atoms with Crippen LogP contribution in [0.5, 0.6) is 0 Å². The molecule has 1 aliphatic heterocycles. The lowest BCUT2D eigenvalue weighted by atomic mass is 10.3. The third kappa shape index (κ3) is 2.21. The fourth-order valence-electron chi connectivity index (χ4n) is 1.26. The minimum absolute atomic E-state index is 0.120. The van der Waals surface area contributed by atoms with E-state index in [0.29, 0.717) is 12.3 Å². The van der Waals surface area contributed by atoms with Crippen molar-refractivity contribution in [2.75, 3.05) is 5.75 Å². The Morgan fingerprint density at radius 2 is 2.50 bits per heavy atom. The molecular weight excluding hydrogens is 204 g/mol. The van der Waals surface area contributed by atoms with Gasteiger partial charge in [0, 0.05) is 11.4 Å². The van der Waals surface area contributed by atoms with Gasteiger partial charge < -0.3 is 9.73 Å². The molecule has 2 heterocycles. The molecule has 1 aromatic rings. The van der Waals surface area contributed by atoms with E-state index in [-0.39, 0.29) is 11.8 Å². The highest BCUT2D eigenvalue weighted by atomic mass is 32.2. The topological polar surface area (TPSA) is 72.2 Å². The Morgan fingerprint density at radius 3 is 3.07 bits per heavy atom. The van der Waals surface area contributed by atoms with Crippen LogP contribution in [0.25, 0.3) is 0 Å². The van der Waals surface area contributed by atoms with Gasteiger partial charge >= 0.3 is 0 Å². The van der Waals surface area contributed by atoms with Crippen LogP contribution in [0.3, 0.4) is 0 Å². The van der Waals surface area contributed by atoms with Crippen LogP contribution >= 0.6 is 0 Å². The largest absolute Gasteiger partial charge is 0.447 e. The first-order valence-electron chi connectivity index (χ1n) is 4.17. The van der Waals surface area contributed by atoms with Gasteiger partial charge in [-0.1, -0.05) is 6.08 Å². The van der Waals surface area contributed by atoms with E-state index >= 15 is 0 Å². The van der Waals surface area contributed by atoms with Gasteiger partial charge in [-0.15, -0.1) is 0 Å². The van der Waals surface area contributed by atoms with E-state index in [0.717, 1.165) is 0 Å². The number of nitrogens with zero attached hydrogens (tertiary/aromatic N) is 1. The minimum atomic E-state index is -2.98. The van der Waals surface area contributed by atoms with Crippen LogP contribution < -0.4 is 5.32 Å². The van der Waals surface area contributed by atoms with Crippen LogP contribution in [-0.4, -0.2) is 25.2 Å². The Morgan fingerprint density at radius 1 is 1.64 bits per heavy atom. The molecule has 0 spiro atoms.